The van der Waals surface area contributed by atoms with Crippen LogP contribution < -0.4 is 5.32 Å². The molecule has 3 heterocycles. The molecule has 0 aliphatic carbocycles. The maximum Gasteiger partial charge on any atom is 0.229 e. The Bertz CT molecular complexity index is 561. The highest BCUT2D eigenvalue weighted by Crippen LogP contribution is 2.30. The minimum atomic E-state index is -0.0928. The van der Waals surface area contributed by atoms with E-state index in [2.05, 4.69) is 22.2 Å². The summed E-state index contributed by atoms with van der Waals surface area (Å²) < 4.78 is 1.88. The fourth-order valence-electron chi connectivity index (χ4n) is 4.25. The van der Waals surface area contributed by atoms with Crippen LogP contribution in [-0.4, -0.2) is 46.8 Å². The molecule has 1 unspecified atom stereocenters. The van der Waals surface area contributed by atoms with Crippen molar-refractivity contribution in [1.29, 1.82) is 0 Å². The molecule has 3 atom stereocenters. The molecule has 7 heteroatoms. The van der Waals surface area contributed by atoms with Gasteiger partial charge in [0, 0.05) is 31.4 Å². The van der Waals surface area contributed by atoms with E-state index in [9.17, 15) is 4.79 Å². The summed E-state index contributed by atoms with van der Waals surface area (Å²) >= 11 is 0. The van der Waals surface area contributed by atoms with Crippen LogP contribution in [0.25, 0.3) is 0 Å². The maximum absolute atomic E-state index is 13.0. The van der Waals surface area contributed by atoms with Gasteiger partial charge in [0.2, 0.25) is 5.91 Å². The number of aromatic nitrogens is 2. The molecule has 2 saturated heterocycles. The molecule has 0 spiro atoms. The number of hydrogen-bond donors (Lipinski definition) is 1. The Hall–Kier alpha value is -0.780. The molecule has 0 radical (unpaired) electrons. The van der Waals surface area contributed by atoms with E-state index < -0.39 is 0 Å². The smallest absolute Gasteiger partial charge is 0.229 e. The lowest BCUT2D eigenvalue weighted by molar-refractivity contribution is -0.132. The number of aryl methyl sites for hydroxylation is 2. The summed E-state index contributed by atoms with van der Waals surface area (Å²) in [6.07, 6.45) is 2.28. The van der Waals surface area contributed by atoms with E-state index in [1.807, 2.05) is 25.6 Å². The van der Waals surface area contributed by atoms with E-state index in [1.54, 1.807) is 0 Å². The van der Waals surface area contributed by atoms with Gasteiger partial charge in [0.25, 0.3) is 0 Å². The van der Waals surface area contributed by atoms with E-state index in [4.69, 9.17) is 0 Å². The van der Waals surface area contributed by atoms with E-state index in [-0.39, 0.29) is 36.6 Å². The second kappa shape index (κ2) is 8.54. The molecule has 0 aromatic carbocycles. The van der Waals surface area contributed by atoms with E-state index in [0.717, 1.165) is 67.8 Å². The van der Waals surface area contributed by atoms with E-state index >= 15 is 0 Å². The van der Waals surface area contributed by atoms with Gasteiger partial charge >= 0.3 is 0 Å². The Labute approximate surface area is 157 Å². The third-order valence-electron chi connectivity index (χ3n) is 5.70. The predicted molar refractivity (Wildman–Crippen MR) is 101 cm³/mol. The van der Waals surface area contributed by atoms with Crippen molar-refractivity contribution in [2.45, 2.75) is 39.5 Å². The zero-order valence-corrected chi connectivity index (χ0v) is 16.7. The Balaban J connectivity index is 0.00000144. The molecule has 3 rings (SSSR count). The second-order valence-electron chi connectivity index (χ2n) is 7.01. The van der Waals surface area contributed by atoms with E-state index in [1.165, 1.54) is 0 Å². The minimum Gasteiger partial charge on any atom is -0.342 e. The Morgan fingerprint density at radius 1 is 1.17 bits per heavy atom. The summed E-state index contributed by atoms with van der Waals surface area (Å²) in [5.74, 6) is 1.70. The first-order valence-electron chi connectivity index (χ1n) is 8.48. The van der Waals surface area contributed by atoms with Crippen molar-refractivity contribution in [3.05, 3.63) is 17.0 Å². The zero-order valence-electron chi connectivity index (χ0n) is 15.0. The van der Waals surface area contributed by atoms with Gasteiger partial charge in [-0.25, -0.2) is 0 Å². The van der Waals surface area contributed by atoms with Gasteiger partial charge in [0.1, 0.15) is 0 Å². The molecule has 1 aromatic heterocycles. The fraction of sp³-hybridized carbons (Fsp3) is 0.765. The van der Waals surface area contributed by atoms with Crippen LogP contribution in [0.2, 0.25) is 0 Å². The molecule has 0 saturated carbocycles. The summed E-state index contributed by atoms with van der Waals surface area (Å²) in [4.78, 5) is 15.1. The van der Waals surface area contributed by atoms with Gasteiger partial charge in [-0.2, -0.15) is 5.10 Å². The summed E-state index contributed by atoms with van der Waals surface area (Å²) in [5, 5.41) is 7.95. The summed E-state index contributed by atoms with van der Waals surface area (Å²) in [6.45, 7) is 10.2. The summed E-state index contributed by atoms with van der Waals surface area (Å²) in [7, 11) is 1.95. The normalized spacial score (nSPS) is 24.4. The minimum absolute atomic E-state index is 0. The predicted octanol–water partition coefficient (Wildman–Crippen LogP) is 2.44. The molecular weight excluding hydrogens is 347 g/mol. The van der Waals surface area contributed by atoms with Crippen molar-refractivity contribution in [3.63, 3.8) is 0 Å². The molecule has 138 valence electrons. The topological polar surface area (TPSA) is 50.2 Å². The van der Waals surface area contributed by atoms with Crippen LogP contribution in [0, 0.1) is 25.7 Å². The Morgan fingerprint density at radius 3 is 2.17 bits per heavy atom. The molecular formula is C17H30Cl2N4O. The van der Waals surface area contributed by atoms with E-state index in [0.29, 0.717) is 0 Å². The number of hydrogen-bond acceptors (Lipinski definition) is 3. The number of carbonyl (C=O) groups excluding carboxylic acids is 1. The van der Waals surface area contributed by atoms with Crippen molar-refractivity contribution in [3.8, 4) is 0 Å². The molecule has 5 nitrogen and oxygen atoms in total. The van der Waals surface area contributed by atoms with Gasteiger partial charge < -0.3 is 10.2 Å². The lowest BCUT2D eigenvalue weighted by atomic mass is 9.92. The van der Waals surface area contributed by atoms with Crippen LogP contribution in [0.4, 0.5) is 0 Å². The van der Waals surface area contributed by atoms with Crippen LogP contribution in [0.1, 0.15) is 42.6 Å². The third-order valence-corrected chi connectivity index (χ3v) is 5.70. The van der Waals surface area contributed by atoms with Gasteiger partial charge in [-0.1, -0.05) is 0 Å². The maximum atomic E-state index is 13.0. The molecule has 1 N–H and O–H groups in total. The lowest BCUT2D eigenvalue weighted by Crippen LogP contribution is -2.36. The Morgan fingerprint density at radius 2 is 1.71 bits per heavy atom. The number of nitrogens with zero attached hydrogens (tertiary/aromatic N) is 3. The highest BCUT2D eigenvalue weighted by molar-refractivity contribution is 5.85. The van der Waals surface area contributed by atoms with Crippen molar-refractivity contribution >= 4 is 30.7 Å². The molecule has 2 fully saturated rings. The fourth-order valence-corrected chi connectivity index (χ4v) is 4.25. The third kappa shape index (κ3) is 3.89. The van der Waals surface area contributed by atoms with Gasteiger partial charge in [0.05, 0.1) is 11.6 Å². The van der Waals surface area contributed by atoms with Gasteiger partial charge in [0.15, 0.2) is 0 Å². The first-order chi connectivity index (χ1) is 10.5. The van der Waals surface area contributed by atoms with Crippen LogP contribution in [0.3, 0.4) is 0 Å². The van der Waals surface area contributed by atoms with Gasteiger partial charge in [-0.3, -0.25) is 9.48 Å². The summed E-state index contributed by atoms with van der Waals surface area (Å²) in [5.41, 5.74) is 3.20. The number of nitrogens with one attached hydrogen (secondary N) is 1. The largest absolute Gasteiger partial charge is 0.342 e. The molecule has 0 bridgehead atoms. The van der Waals surface area contributed by atoms with Crippen molar-refractivity contribution in [2.75, 3.05) is 26.2 Å². The molecule has 1 aromatic rings. The average Bonchev–Trinajstić information content (AvgIpc) is 2.96. The number of halogens is 2. The van der Waals surface area contributed by atoms with Crippen molar-refractivity contribution in [1.82, 2.24) is 20.0 Å². The highest BCUT2D eigenvalue weighted by atomic mass is 35.5. The van der Waals surface area contributed by atoms with Crippen LogP contribution in [0.5, 0.6) is 0 Å². The molecule has 2 aliphatic rings. The summed E-state index contributed by atoms with van der Waals surface area (Å²) in [6, 6.07) is 0. The number of rotatable bonds is 2. The lowest BCUT2D eigenvalue weighted by Gasteiger charge is -2.25. The van der Waals surface area contributed by atoms with Gasteiger partial charge in [-0.15, -0.1) is 24.8 Å². The van der Waals surface area contributed by atoms with Gasteiger partial charge in [-0.05, 0) is 58.5 Å². The molecule has 2 aliphatic heterocycles. The first kappa shape index (κ1) is 21.3. The SMILES string of the molecule is Cc1nn(C)c(C)c1C(C)C(=O)N1CC[C@@H]2CNC[C@@H]2CC1.Cl.Cl. The number of carbonyl (C=O) groups is 1. The second-order valence-corrected chi connectivity index (χ2v) is 7.01. The standard InChI is InChI=1S/C17H28N4O.2ClH/c1-11(16-12(2)19-20(4)13(16)3)17(22)21-7-5-14-9-18-10-15(14)6-8-21;;/h11,14-15,18H,5-10H2,1-4H3;2*1H/t11?,14-,15+;;. The Kier molecular flexibility index (Phi) is 7.57. The number of likely N-dealkylation sites (tertiary alicyclic amines) is 1. The molecule has 24 heavy (non-hydrogen) atoms. The quantitative estimate of drug-likeness (QED) is 0.861. The first-order valence-corrected chi connectivity index (χ1v) is 8.48. The van der Waals surface area contributed by atoms with Crippen LogP contribution in [-0.2, 0) is 11.8 Å². The van der Waals surface area contributed by atoms with Crippen LogP contribution >= 0.6 is 24.8 Å². The van der Waals surface area contributed by atoms with Crippen molar-refractivity contribution < 1.29 is 4.79 Å². The molecule has 1 amide bonds. The van der Waals surface area contributed by atoms with Crippen LogP contribution in [0.15, 0.2) is 0 Å². The monoisotopic (exact) mass is 376 g/mol. The average molecular weight is 377 g/mol. The highest BCUT2D eigenvalue weighted by Gasteiger charge is 2.33. The van der Waals surface area contributed by atoms with Crippen molar-refractivity contribution in [2.24, 2.45) is 18.9 Å². The number of fused-ring (bicyclic) bond motifs is 1. The zero-order chi connectivity index (χ0) is 15.9. The number of amides is 1.